The smallest absolute Gasteiger partial charge is 0.248 e. The second kappa shape index (κ2) is 10.2. The highest BCUT2D eigenvalue weighted by molar-refractivity contribution is 7.89. The maximum atomic E-state index is 14.0. The van der Waals surface area contributed by atoms with Crippen molar-refractivity contribution in [1.82, 2.24) is 14.4 Å². The van der Waals surface area contributed by atoms with E-state index >= 15 is 0 Å². The Kier molecular flexibility index (Phi) is 6.93. The number of nitrogens with zero attached hydrogens (tertiary/aromatic N) is 3. The molecule has 0 bridgehead atoms. The van der Waals surface area contributed by atoms with E-state index in [-0.39, 0.29) is 41.3 Å². The zero-order chi connectivity index (χ0) is 26.2. The molecular weight excluding hydrogens is 515 g/mol. The third-order valence-electron chi connectivity index (χ3n) is 6.35. The number of carbonyl (C=O) groups excluding carboxylic acids is 1. The lowest BCUT2D eigenvalue weighted by Crippen LogP contribution is -2.41. The monoisotopic (exact) mass is 540 g/mol. The minimum atomic E-state index is -3.93. The van der Waals surface area contributed by atoms with Gasteiger partial charge in [-0.25, -0.2) is 17.8 Å². The first-order valence-electron chi connectivity index (χ1n) is 11.8. The van der Waals surface area contributed by atoms with Crippen LogP contribution >= 0.6 is 11.3 Å². The van der Waals surface area contributed by atoms with Gasteiger partial charge in [0.05, 0.1) is 10.2 Å². The van der Waals surface area contributed by atoms with Crippen molar-refractivity contribution in [3.05, 3.63) is 70.9 Å². The molecule has 8 nitrogen and oxygen atoms in total. The first-order chi connectivity index (χ1) is 17.7. The molecule has 0 radical (unpaired) electrons. The average Bonchev–Trinajstić information content (AvgIpc) is 3.45. The number of carbonyl (C=O) groups is 1. The molecule has 1 aliphatic heterocycles. The van der Waals surface area contributed by atoms with Gasteiger partial charge in [0.15, 0.2) is 15.8 Å². The van der Waals surface area contributed by atoms with Gasteiger partial charge in [0, 0.05) is 24.6 Å². The Morgan fingerprint density at radius 3 is 2.68 bits per heavy atom. The van der Waals surface area contributed by atoms with Crippen LogP contribution < -0.4 is 5.32 Å². The van der Waals surface area contributed by atoms with E-state index in [1.165, 1.54) is 33.9 Å². The molecule has 2 aromatic heterocycles. The number of sulfonamides is 1. The number of halogens is 1. The van der Waals surface area contributed by atoms with Crippen LogP contribution in [-0.2, 0) is 14.8 Å². The first kappa shape index (κ1) is 25.2. The summed E-state index contributed by atoms with van der Waals surface area (Å²) < 4.78 is 48.5. The lowest BCUT2D eigenvalue weighted by atomic mass is 9.97. The molecule has 1 fully saturated rings. The molecule has 0 aliphatic carbocycles. The summed E-state index contributed by atoms with van der Waals surface area (Å²) in [7, 11) is -3.93. The van der Waals surface area contributed by atoms with E-state index in [2.05, 4.69) is 15.5 Å². The summed E-state index contributed by atoms with van der Waals surface area (Å²) in [5.41, 5.74) is 2.47. The zero-order valence-electron chi connectivity index (χ0n) is 20.3. The number of thiazole rings is 1. The van der Waals surface area contributed by atoms with Crippen molar-refractivity contribution >= 4 is 54.8 Å². The van der Waals surface area contributed by atoms with Crippen LogP contribution in [0.15, 0.2) is 51.9 Å². The van der Waals surface area contributed by atoms with Gasteiger partial charge in [-0.3, -0.25) is 4.79 Å². The van der Waals surface area contributed by atoms with Crippen molar-refractivity contribution in [2.75, 3.05) is 18.4 Å². The number of rotatable bonds is 6. The lowest BCUT2D eigenvalue weighted by Gasteiger charge is -2.30. The second-order valence-electron chi connectivity index (χ2n) is 8.97. The SMILES string of the molecule is Cc1ccc2nc(NC(=O)C3CCN(S(=O)(=O)c4c(C)noc4/C=C/c4ccccc4F)CC3)sc2c1. The molecule has 0 unspecified atom stereocenters. The maximum absolute atomic E-state index is 14.0. The van der Waals surface area contributed by atoms with E-state index in [0.29, 0.717) is 23.5 Å². The summed E-state index contributed by atoms with van der Waals surface area (Å²) in [6, 6.07) is 12.1. The highest BCUT2D eigenvalue weighted by Gasteiger charge is 2.36. The largest absolute Gasteiger partial charge is 0.355 e. The van der Waals surface area contributed by atoms with Gasteiger partial charge in [0.2, 0.25) is 15.9 Å². The number of hydrogen-bond donors (Lipinski definition) is 1. The van der Waals surface area contributed by atoms with E-state index in [1.54, 1.807) is 25.1 Å². The number of amides is 1. The van der Waals surface area contributed by atoms with Crippen LogP contribution in [0.4, 0.5) is 9.52 Å². The molecule has 3 heterocycles. The molecule has 0 spiro atoms. The fraction of sp³-hybridized carbons (Fsp3) is 0.269. The highest BCUT2D eigenvalue weighted by atomic mass is 32.2. The van der Waals surface area contributed by atoms with Gasteiger partial charge in [-0.05, 0) is 62.6 Å². The summed E-state index contributed by atoms with van der Waals surface area (Å²) in [4.78, 5) is 17.3. The molecule has 1 saturated heterocycles. The Hall–Kier alpha value is -3.41. The van der Waals surface area contributed by atoms with Gasteiger partial charge >= 0.3 is 0 Å². The van der Waals surface area contributed by atoms with Crippen molar-refractivity contribution in [2.45, 2.75) is 31.6 Å². The van der Waals surface area contributed by atoms with Gasteiger partial charge in [-0.15, -0.1) is 0 Å². The van der Waals surface area contributed by atoms with Gasteiger partial charge in [-0.2, -0.15) is 4.31 Å². The number of aryl methyl sites for hydroxylation is 2. The Labute approximate surface area is 217 Å². The minimum Gasteiger partial charge on any atom is -0.355 e. The standard InChI is InChI=1S/C26H25FN4O4S2/c1-16-7-9-21-23(15-16)36-26(28-21)29-25(32)19-11-13-31(14-12-19)37(33,34)24-17(2)30-35-22(24)10-8-18-5-3-4-6-20(18)27/h3-10,15,19H,11-14H2,1-2H3,(H,28,29,32)/b10-8+. The quantitative estimate of drug-likeness (QED) is 0.358. The van der Waals surface area contributed by atoms with Crippen LogP contribution in [0.3, 0.4) is 0 Å². The molecule has 192 valence electrons. The summed E-state index contributed by atoms with van der Waals surface area (Å²) in [6.07, 6.45) is 3.61. The second-order valence-corrected chi connectivity index (χ2v) is 11.9. The third-order valence-corrected chi connectivity index (χ3v) is 9.34. The number of piperidine rings is 1. The molecule has 37 heavy (non-hydrogen) atoms. The van der Waals surface area contributed by atoms with Crippen molar-refractivity contribution < 1.29 is 22.1 Å². The number of anilines is 1. The normalized spacial score (nSPS) is 15.5. The number of aromatic nitrogens is 2. The first-order valence-corrected chi connectivity index (χ1v) is 14.0. The fourth-order valence-corrected chi connectivity index (χ4v) is 7.04. The molecule has 5 rings (SSSR count). The number of benzene rings is 2. The van der Waals surface area contributed by atoms with Gasteiger partial charge in [0.1, 0.15) is 11.5 Å². The summed E-state index contributed by atoms with van der Waals surface area (Å²) >= 11 is 1.42. The van der Waals surface area contributed by atoms with E-state index in [4.69, 9.17) is 4.52 Å². The topological polar surface area (TPSA) is 105 Å². The van der Waals surface area contributed by atoms with E-state index in [9.17, 15) is 17.6 Å². The molecule has 0 saturated carbocycles. The Bertz CT molecular complexity index is 1600. The fourth-order valence-electron chi connectivity index (χ4n) is 4.35. The van der Waals surface area contributed by atoms with Crippen LogP contribution in [0.25, 0.3) is 22.4 Å². The summed E-state index contributed by atoms with van der Waals surface area (Å²) in [5.74, 6) is -0.890. The van der Waals surface area contributed by atoms with Gasteiger partial charge < -0.3 is 9.84 Å². The number of nitrogens with one attached hydrogen (secondary N) is 1. The highest BCUT2D eigenvalue weighted by Crippen LogP contribution is 2.31. The van der Waals surface area contributed by atoms with Crippen molar-refractivity contribution in [1.29, 1.82) is 0 Å². The molecule has 0 atom stereocenters. The predicted octanol–water partition coefficient (Wildman–Crippen LogP) is 5.25. The summed E-state index contributed by atoms with van der Waals surface area (Å²) in [5, 5.41) is 7.26. The Balaban J connectivity index is 1.27. The lowest BCUT2D eigenvalue weighted by molar-refractivity contribution is -0.120. The van der Waals surface area contributed by atoms with E-state index in [0.717, 1.165) is 15.8 Å². The van der Waals surface area contributed by atoms with Crippen LogP contribution in [-0.4, -0.2) is 41.9 Å². The molecule has 4 aromatic rings. The van der Waals surface area contributed by atoms with Gasteiger partial charge in [-0.1, -0.05) is 40.8 Å². The van der Waals surface area contributed by atoms with Crippen LogP contribution in [0, 0.1) is 25.6 Å². The number of fused-ring (bicyclic) bond motifs is 1. The Morgan fingerprint density at radius 1 is 1.16 bits per heavy atom. The number of hydrogen-bond acceptors (Lipinski definition) is 7. The van der Waals surface area contributed by atoms with Crippen molar-refractivity contribution in [3.63, 3.8) is 0 Å². The molecule has 1 amide bonds. The van der Waals surface area contributed by atoms with Crippen LogP contribution in [0.1, 0.15) is 35.4 Å². The molecule has 11 heteroatoms. The molecule has 1 aliphatic rings. The molecule has 1 N–H and O–H groups in total. The third kappa shape index (κ3) is 5.20. The predicted molar refractivity (Wildman–Crippen MR) is 141 cm³/mol. The maximum Gasteiger partial charge on any atom is 0.248 e. The van der Waals surface area contributed by atoms with Crippen molar-refractivity contribution in [3.8, 4) is 0 Å². The Morgan fingerprint density at radius 2 is 1.92 bits per heavy atom. The van der Waals surface area contributed by atoms with E-state index in [1.807, 2.05) is 25.1 Å². The summed E-state index contributed by atoms with van der Waals surface area (Å²) in [6.45, 7) is 3.92. The van der Waals surface area contributed by atoms with Crippen molar-refractivity contribution in [2.24, 2.45) is 5.92 Å². The average molecular weight is 541 g/mol. The molecule has 2 aromatic carbocycles. The molecular formula is C26H25FN4O4S2. The van der Waals surface area contributed by atoms with Crippen LogP contribution in [0.5, 0.6) is 0 Å². The minimum absolute atomic E-state index is 0.0340. The zero-order valence-corrected chi connectivity index (χ0v) is 21.9. The van der Waals surface area contributed by atoms with Crippen LogP contribution in [0.2, 0.25) is 0 Å². The van der Waals surface area contributed by atoms with E-state index < -0.39 is 15.8 Å². The van der Waals surface area contributed by atoms with Gasteiger partial charge in [0.25, 0.3) is 0 Å².